The first-order chi connectivity index (χ1) is 14.1. The number of carbonyl (C=O) groups is 2. The standard InChI is InChI=1S/C22H21N3O4/c26-21-17-8-4-10-19(25(28)29)20(17)22(27)24(21)13-23(15-11-12-15)18-9-3-6-14-5-1-2-7-16(14)18/h1-2,4-5,7-8,10,15,18H,3,6,9,11-13H2/t18-/m0/s1. The number of carbonyl (C=O) groups excluding carboxylic acids is 2. The second kappa shape index (κ2) is 6.77. The summed E-state index contributed by atoms with van der Waals surface area (Å²) >= 11 is 0. The summed E-state index contributed by atoms with van der Waals surface area (Å²) in [6.45, 7) is 0.174. The molecule has 3 aliphatic rings. The summed E-state index contributed by atoms with van der Waals surface area (Å²) in [5.74, 6) is -1.00. The Morgan fingerprint density at radius 3 is 2.59 bits per heavy atom. The normalized spacial score (nSPS) is 20.7. The van der Waals surface area contributed by atoms with Crippen LogP contribution in [0.15, 0.2) is 42.5 Å². The first-order valence-corrected chi connectivity index (χ1v) is 10.0. The van der Waals surface area contributed by atoms with Gasteiger partial charge >= 0.3 is 0 Å². The molecule has 0 unspecified atom stereocenters. The number of hydrogen-bond acceptors (Lipinski definition) is 5. The van der Waals surface area contributed by atoms with Crippen molar-refractivity contribution in [3.05, 3.63) is 74.8 Å². The molecule has 2 aromatic carbocycles. The minimum atomic E-state index is -0.594. The smallest absolute Gasteiger partial charge is 0.275 e. The number of rotatable bonds is 5. The van der Waals surface area contributed by atoms with E-state index in [4.69, 9.17) is 0 Å². The van der Waals surface area contributed by atoms with E-state index in [1.165, 1.54) is 34.2 Å². The Morgan fingerprint density at radius 2 is 1.83 bits per heavy atom. The number of amides is 2. The maximum atomic E-state index is 13.0. The SMILES string of the molecule is O=C1c2cccc([N+](=O)[O-])c2C(=O)N1CN(C1CC1)[C@H]1CCCc2ccccc21. The minimum absolute atomic E-state index is 0.0812. The third-order valence-corrected chi connectivity index (χ3v) is 6.23. The Bertz CT molecular complexity index is 1030. The molecule has 1 saturated carbocycles. The Morgan fingerprint density at radius 1 is 1.03 bits per heavy atom. The van der Waals surface area contributed by atoms with Crippen LogP contribution in [0.2, 0.25) is 0 Å². The zero-order valence-electron chi connectivity index (χ0n) is 15.9. The van der Waals surface area contributed by atoms with Gasteiger partial charge in [0.25, 0.3) is 17.5 Å². The fourth-order valence-electron chi connectivity index (χ4n) is 4.71. The number of imide groups is 1. The van der Waals surface area contributed by atoms with Crippen molar-refractivity contribution in [1.29, 1.82) is 0 Å². The number of nitrogens with zero attached hydrogens (tertiary/aromatic N) is 3. The molecule has 1 atom stereocenters. The van der Waals surface area contributed by atoms with E-state index in [-0.39, 0.29) is 29.5 Å². The first-order valence-electron chi connectivity index (χ1n) is 10.0. The van der Waals surface area contributed by atoms with Gasteiger partial charge in [-0.25, -0.2) is 0 Å². The highest BCUT2D eigenvalue weighted by Gasteiger charge is 2.45. The summed E-state index contributed by atoms with van der Waals surface area (Å²) in [6.07, 6.45) is 5.18. The maximum Gasteiger partial charge on any atom is 0.282 e. The van der Waals surface area contributed by atoms with Gasteiger partial charge in [0.2, 0.25) is 0 Å². The molecule has 0 spiro atoms. The molecule has 148 valence electrons. The largest absolute Gasteiger partial charge is 0.282 e. The molecule has 1 heterocycles. The van der Waals surface area contributed by atoms with Gasteiger partial charge in [-0.3, -0.25) is 29.5 Å². The van der Waals surface area contributed by atoms with Crippen LogP contribution in [0.4, 0.5) is 5.69 Å². The molecule has 7 heteroatoms. The highest BCUT2D eigenvalue weighted by Crippen LogP contribution is 2.41. The van der Waals surface area contributed by atoms with Gasteiger partial charge in [0.05, 0.1) is 17.2 Å². The van der Waals surface area contributed by atoms with Crippen LogP contribution in [-0.2, 0) is 6.42 Å². The zero-order valence-corrected chi connectivity index (χ0v) is 15.9. The van der Waals surface area contributed by atoms with Crippen molar-refractivity contribution in [3.63, 3.8) is 0 Å². The molecule has 5 rings (SSSR count). The van der Waals surface area contributed by atoms with Gasteiger partial charge in [0.1, 0.15) is 5.56 Å². The lowest BCUT2D eigenvalue weighted by Crippen LogP contribution is -2.44. The zero-order chi connectivity index (χ0) is 20.1. The van der Waals surface area contributed by atoms with Crippen LogP contribution in [0, 0.1) is 10.1 Å². The van der Waals surface area contributed by atoms with Crippen LogP contribution < -0.4 is 0 Å². The fraction of sp³-hybridized carbons (Fsp3) is 0.364. The van der Waals surface area contributed by atoms with Gasteiger partial charge < -0.3 is 0 Å². The minimum Gasteiger partial charge on any atom is -0.275 e. The molecular formula is C22H21N3O4. The Balaban J connectivity index is 1.48. The van der Waals surface area contributed by atoms with Crippen molar-refractivity contribution in [2.24, 2.45) is 0 Å². The van der Waals surface area contributed by atoms with E-state index in [2.05, 4.69) is 17.0 Å². The molecule has 0 aromatic heterocycles. The van der Waals surface area contributed by atoms with Gasteiger partial charge in [0, 0.05) is 18.2 Å². The monoisotopic (exact) mass is 391 g/mol. The molecule has 1 aliphatic heterocycles. The second-order valence-electron chi connectivity index (χ2n) is 7.99. The quantitative estimate of drug-likeness (QED) is 0.441. The van der Waals surface area contributed by atoms with E-state index in [0.717, 1.165) is 32.1 Å². The highest BCUT2D eigenvalue weighted by molar-refractivity contribution is 6.23. The molecule has 7 nitrogen and oxygen atoms in total. The van der Waals surface area contributed by atoms with Crippen LogP contribution in [0.25, 0.3) is 0 Å². The molecule has 2 aliphatic carbocycles. The molecule has 0 N–H and O–H groups in total. The van der Waals surface area contributed by atoms with Crippen molar-refractivity contribution >= 4 is 17.5 Å². The van der Waals surface area contributed by atoms with E-state index in [1.54, 1.807) is 0 Å². The van der Waals surface area contributed by atoms with Crippen molar-refractivity contribution in [3.8, 4) is 0 Å². The van der Waals surface area contributed by atoms with Crippen molar-refractivity contribution < 1.29 is 14.5 Å². The summed E-state index contributed by atoms with van der Waals surface area (Å²) in [5.41, 5.74) is 2.34. The average Bonchev–Trinajstić information content (AvgIpc) is 3.54. The van der Waals surface area contributed by atoms with E-state index < -0.39 is 16.7 Å². The maximum absolute atomic E-state index is 13.0. The lowest BCUT2D eigenvalue weighted by Gasteiger charge is -2.37. The average molecular weight is 391 g/mol. The van der Waals surface area contributed by atoms with Crippen LogP contribution in [0.5, 0.6) is 0 Å². The van der Waals surface area contributed by atoms with Crippen molar-refractivity contribution in [2.45, 2.75) is 44.2 Å². The molecule has 0 radical (unpaired) electrons. The van der Waals surface area contributed by atoms with Gasteiger partial charge in [0.15, 0.2) is 0 Å². The summed E-state index contributed by atoms with van der Waals surface area (Å²) in [6, 6.07) is 13.1. The number of fused-ring (bicyclic) bond motifs is 2. The van der Waals surface area contributed by atoms with Gasteiger partial charge in [-0.05, 0) is 49.3 Å². The number of benzene rings is 2. The predicted octanol–water partition coefficient (Wildman–Crippen LogP) is 3.69. The van der Waals surface area contributed by atoms with Gasteiger partial charge in [-0.1, -0.05) is 30.3 Å². The Hall–Kier alpha value is -3.06. The summed E-state index contributed by atoms with van der Waals surface area (Å²) in [5, 5.41) is 11.4. The van der Waals surface area contributed by atoms with E-state index in [1.807, 2.05) is 12.1 Å². The molecule has 29 heavy (non-hydrogen) atoms. The molecule has 0 saturated heterocycles. The van der Waals surface area contributed by atoms with E-state index in [9.17, 15) is 19.7 Å². The lowest BCUT2D eigenvalue weighted by atomic mass is 9.87. The third-order valence-electron chi connectivity index (χ3n) is 6.23. The summed E-state index contributed by atoms with van der Waals surface area (Å²) in [4.78, 5) is 40.2. The molecular weight excluding hydrogens is 370 g/mol. The van der Waals surface area contributed by atoms with Crippen LogP contribution >= 0.6 is 0 Å². The second-order valence-corrected chi connectivity index (χ2v) is 7.99. The Labute approximate surface area is 168 Å². The number of nitro groups is 1. The summed E-state index contributed by atoms with van der Waals surface area (Å²) < 4.78 is 0. The Kier molecular flexibility index (Phi) is 4.20. The lowest BCUT2D eigenvalue weighted by molar-refractivity contribution is -0.385. The van der Waals surface area contributed by atoms with E-state index in [0.29, 0.717) is 6.04 Å². The first kappa shape index (κ1) is 18.0. The third kappa shape index (κ3) is 2.93. The molecule has 1 fully saturated rings. The van der Waals surface area contributed by atoms with Gasteiger partial charge in [-0.2, -0.15) is 0 Å². The van der Waals surface area contributed by atoms with E-state index >= 15 is 0 Å². The molecule has 0 bridgehead atoms. The fourth-order valence-corrected chi connectivity index (χ4v) is 4.71. The van der Waals surface area contributed by atoms with Crippen LogP contribution in [0.1, 0.15) is 63.6 Å². The van der Waals surface area contributed by atoms with Crippen molar-refractivity contribution in [1.82, 2.24) is 9.80 Å². The highest BCUT2D eigenvalue weighted by atomic mass is 16.6. The molecule has 2 amide bonds. The topological polar surface area (TPSA) is 83.8 Å². The predicted molar refractivity (Wildman–Crippen MR) is 105 cm³/mol. The van der Waals surface area contributed by atoms with Crippen LogP contribution in [-0.4, -0.2) is 39.2 Å². The van der Waals surface area contributed by atoms with Crippen LogP contribution in [0.3, 0.4) is 0 Å². The van der Waals surface area contributed by atoms with Crippen molar-refractivity contribution in [2.75, 3.05) is 6.67 Å². The number of nitro benzene ring substituents is 1. The number of hydrogen-bond donors (Lipinski definition) is 0. The number of aryl methyl sites for hydroxylation is 1. The molecule has 2 aromatic rings. The summed E-state index contributed by atoms with van der Waals surface area (Å²) in [7, 11) is 0. The van der Waals surface area contributed by atoms with Gasteiger partial charge in [-0.15, -0.1) is 0 Å².